The van der Waals surface area contributed by atoms with E-state index in [1.54, 1.807) is 5.38 Å². The summed E-state index contributed by atoms with van der Waals surface area (Å²) in [5.74, 6) is -1.98. The van der Waals surface area contributed by atoms with Crippen LogP contribution in [0, 0.1) is 0 Å². The smallest absolute Gasteiger partial charge is 0.324 e. The number of nitrogens with zero attached hydrogens (tertiary/aromatic N) is 3. The van der Waals surface area contributed by atoms with Crippen LogP contribution in [0.2, 0.25) is 0 Å². The third-order valence-electron chi connectivity index (χ3n) is 1.71. The minimum absolute atomic E-state index is 0.0654. The summed E-state index contributed by atoms with van der Waals surface area (Å²) < 4.78 is 5.28. The highest BCUT2D eigenvalue weighted by molar-refractivity contribution is 9.10. The van der Waals surface area contributed by atoms with E-state index in [1.165, 1.54) is 12.3 Å². The van der Waals surface area contributed by atoms with Crippen molar-refractivity contribution in [1.82, 2.24) is 10.1 Å². The van der Waals surface area contributed by atoms with E-state index < -0.39 is 11.8 Å². The van der Waals surface area contributed by atoms with Gasteiger partial charge in [0, 0.05) is 17.6 Å². The fourth-order valence-corrected chi connectivity index (χ4v) is 1.98. The van der Waals surface area contributed by atoms with Gasteiger partial charge in [-0.3, -0.25) is 9.59 Å². The van der Waals surface area contributed by atoms with Crippen molar-refractivity contribution in [3.8, 4) is 0 Å². The van der Waals surface area contributed by atoms with Crippen molar-refractivity contribution in [2.24, 2.45) is 5.73 Å². The normalized spacial score (nSPS) is 10.2. The molecule has 17 heavy (non-hydrogen) atoms. The highest BCUT2D eigenvalue weighted by Gasteiger charge is 2.27. The van der Waals surface area contributed by atoms with Crippen LogP contribution < -0.4 is 10.6 Å². The lowest BCUT2D eigenvalue weighted by Gasteiger charge is -2.13. The average Bonchev–Trinajstić information content (AvgIpc) is 2.90. The van der Waals surface area contributed by atoms with Crippen molar-refractivity contribution in [2.75, 3.05) is 4.90 Å². The minimum Gasteiger partial charge on any atom is -0.361 e. The predicted molar refractivity (Wildman–Crippen MR) is 62.7 cm³/mol. The lowest BCUT2D eigenvalue weighted by Crippen LogP contribution is -2.37. The molecule has 0 aliphatic heterocycles. The third-order valence-corrected chi connectivity index (χ3v) is 2.84. The van der Waals surface area contributed by atoms with Crippen LogP contribution in [0.4, 0.5) is 11.0 Å². The van der Waals surface area contributed by atoms with Crippen molar-refractivity contribution in [2.45, 2.75) is 0 Å². The molecule has 0 fully saturated rings. The molecule has 0 aliphatic rings. The van der Waals surface area contributed by atoms with Crippen LogP contribution in [0.25, 0.3) is 0 Å². The Kier molecular flexibility index (Phi) is 3.20. The molecule has 2 N–H and O–H groups in total. The Morgan fingerprint density at radius 2 is 2.29 bits per heavy atom. The minimum atomic E-state index is -1.10. The molecule has 2 aromatic rings. The standard InChI is InChI=1S/C8H5BrN4O3S/c9-4-3-5(16-12-4)13(7(15)6(10)14)8-11-1-2-17-8/h1-3H,(H2,10,14). The largest absolute Gasteiger partial charge is 0.361 e. The summed E-state index contributed by atoms with van der Waals surface area (Å²) in [5.41, 5.74) is 4.96. The van der Waals surface area contributed by atoms with Gasteiger partial charge in [-0.05, 0) is 15.9 Å². The molecule has 88 valence electrons. The monoisotopic (exact) mass is 316 g/mol. The highest BCUT2D eigenvalue weighted by Crippen LogP contribution is 2.29. The first-order valence-electron chi connectivity index (χ1n) is 4.25. The van der Waals surface area contributed by atoms with E-state index in [0.717, 1.165) is 16.2 Å². The zero-order chi connectivity index (χ0) is 12.4. The number of aromatic nitrogens is 2. The number of carbonyl (C=O) groups excluding carboxylic acids is 2. The topological polar surface area (TPSA) is 102 Å². The number of hydrogen-bond donors (Lipinski definition) is 1. The number of thiazole rings is 1. The van der Waals surface area contributed by atoms with E-state index in [0.29, 0.717) is 4.60 Å². The first-order chi connectivity index (χ1) is 8.09. The molecular weight excluding hydrogens is 312 g/mol. The van der Waals surface area contributed by atoms with Gasteiger partial charge in [0.1, 0.15) is 0 Å². The van der Waals surface area contributed by atoms with Gasteiger partial charge in [-0.15, -0.1) is 11.3 Å². The van der Waals surface area contributed by atoms with Crippen LogP contribution in [0.1, 0.15) is 0 Å². The SMILES string of the molecule is NC(=O)C(=O)N(c1cc(Br)no1)c1nccs1. The number of halogens is 1. The van der Waals surface area contributed by atoms with Crippen molar-refractivity contribution in [3.63, 3.8) is 0 Å². The number of primary amides is 1. The molecule has 2 rings (SSSR count). The molecule has 0 bridgehead atoms. The number of nitrogens with two attached hydrogens (primary N) is 1. The fraction of sp³-hybridized carbons (Fsp3) is 0. The second-order valence-electron chi connectivity index (χ2n) is 2.81. The van der Waals surface area contributed by atoms with Crippen LogP contribution in [-0.2, 0) is 9.59 Å². The molecule has 0 aliphatic carbocycles. The number of amides is 2. The lowest BCUT2D eigenvalue weighted by atomic mass is 10.5. The van der Waals surface area contributed by atoms with Gasteiger partial charge >= 0.3 is 11.8 Å². The Hall–Kier alpha value is -1.74. The molecule has 0 saturated heterocycles. The Labute approximate surface area is 107 Å². The Balaban J connectivity index is 2.45. The van der Waals surface area contributed by atoms with Crippen molar-refractivity contribution in [1.29, 1.82) is 0 Å². The predicted octanol–water partition coefficient (Wildman–Crippen LogP) is 1.04. The molecule has 2 heterocycles. The molecule has 9 heteroatoms. The maximum atomic E-state index is 11.7. The second kappa shape index (κ2) is 4.63. The van der Waals surface area contributed by atoms with E-state index in [-0.39, 0.29) is 11.0 Å². The maximum absolute atomic E-state index is 11.7. The van der Waals surface area contributed by atoms with Gasteiger partial charge < -0.3 is 10.3 Å². The number of carbonyl (C=O) groups is 2. The van der Waals surface area contributed by atoms with E-state index in [4.69, 9.17) is 10.3 Å². The van der Waals surface area contributed by atoms with E-state index in [9.17, 15) is 9.59 Å². The van der Waals surface area contributed by atoms with Crippen molar-refractivity contribution < 1.29 is 14.1 Å². The average molecular weight is 317 g/mol. The van der Waals surface area contributed by atoms with Crippen molar-refractivity contribution in [3.05, 3.63) is 22.2 Å². The Morgan fingerprint density at radius 3 is 2.76 bits per heavy atom. The van der Waals surface area contributed by atoms with Gasteiger partial charge in [0.25, 0.3) is 0 Å². The van der Waals surface area contributed by atoms with E-state index in [1.807, 2.05) is 0 Å². The summed E-state index contributed by atoms with van der Waals surface area (Å²) in [6.45, 7) is 0. The molecule has 7 nitrogen and oxygen atoms in total. The van der Waals surface area contributed by atoms with Crippen molar-refractivity contribution >= 4 is 50.1 Å². The zero-order valence-corrected chi connectivity index (χ0v) is 10.6. The molecule has 0 unspecified atom stereocenters. The van der Waals surface area contributed by atoms with Gasteiger partial charge in [0.05, 0.1) is 0 Å². The number of hydrogen-bond acceptors (Lipinski definition) is 6. The fourth-order valence-electron chi connectivity index (χ4n) is 1.07. The van der Waals surface area contributed by atoms with Gasteiger partial charge in [-0.1, -0.05) is 5.16 Å². The van der Waals surface area contributed by atoms with E-state index >= 15 is 0 Å². The summed E-state index contributed by atoms with van der Waals surface area (Å²) in [6, 6.07) is 1.43. The van der Waals surface area contributed by atoms with E-state index in [2.05, 4.69) is 26.1 Å². The molecule has 0 spiro atoms. The van der Waals surface area contributed by atoms with Crippen LogP contribution in [-0.4, -0.2) is 22.0 Å². The number of rotatable bonds is 2. The molecule has 0 saturated carbocycles. The third kappa shape index (κ3) is 2.34. The Bertz CT molecular complexity index is 553. The molecule has 0 aromatic carbocycles. The van der Waals surface area contributed by atoms with Crippen LogP contribution in [0.5, 0.6) is 0 Å². The number of anilines is 2. The summed E-state index contributed by atoms with van der Waals surface area (Å²) in [5, 5.41) is 5.49. The van der Waals surface area contributed by atoms with Gasteiger partial charge in [0.15, 0.2) is 9.73 Å². The summed E-state index contributed by atoms with van der Waals surface area (Å²) in [4.78, 5) is 27.5. The molecular formula is C8H5BrN4O3S. The van der Waals surface area contributed by atoms with Crippen LogP contribution >= 0.6 is 27.3 Å². The molecule has 2 amide bonds. The highest BCUT2D eigenvalue weighted by atomic mass is 79.9. The second-order valence-corrected chi connectivity index (χ2v) is 4.49. The van der Waals surface area contributed by atoms with Gasteiger partial charge in [-0.2, -0.15) is 0 Å². The summed E-state index contributed by atoms with van der Waals surface area (Å²) in [7, 11) is 0. The first-order valence-corrected chi connectivity index (χ1v) is 5.92. The molecule has 0 radical (unpaired) electrons. The summed E-state index contributed by atoms with van der Waals surface area (Å²) in [6.07, 6.45) is 1.49. The van der Waals surface area contributed by atoms with Gasteiger partial charge in [-0.25, -0.2) is 9.88 Å². The zero-order valence-electron chi connectivity index (χ0n) is 8.16. The Morgan fingerprint density at radius 1 is 1.53 bits per heavy atom. The molecule has 0 atom stereocenters. The van der Waals surface area contributed by atoms with Gasteiger partial charge in [0.2, 0.25) is 5.88 Å². The van der Waals surface area contributed by atoms with Crippen LogP contribution in [0.15, 0.2) is 26.8 Å². The molecule has 2 aromatic heterocycles. The lowest BCUT2D eigenvalue weighted by molar-refractivity contribution is -0.135. The quantitative estimate of drug-likeness (QED) is 0.834. The summed E-state index contributed by atoms with van der Waals surface area (Å²) >= 11 is 4.24. The maximum Gasteiger partial charge on any atom is 0.324 e. The first kappa shape index (κ1) is 11.7. The van der Waals surface area contributed by atoms with Crippen LogP contribution in [0.3, 0.4) is 0 Å².